The summed E-state index contributed by atoms with van der Waals surface area (Å²) in [6, 6.07) is 2.89. The molecule has 0 amide bonds. The van der Waals surface area contributed by atoms with Gasteiger partial charge in [-0.15, -0.1) is 0 Å². The van der Waals surface area contributed by atoms with Crippen LogP contribution < -0.4 is 9.47 Å². The third kappa shape index (κ3) is 5.26. The number of rotatable bonds is 7. The van der Waals surface area contributed by atoms with Crippen LogP contribution in [-0.2, 0) is 29.6 Å². The summed E-state index contributed by atoms with van der Waals surface area (Å²) in [5, 5.41) is 0. The molecule has 29 heavy (non-hydrogen) atoms. The van der Waals surface area contributed by atoms with Crippen LogP contribution in [0.5, 0.6) is 11.5 Å². The molecule has 1 aliphatic heterocycles. The summed E-state index contributed by atoms with van der Waals surface area (Å²) in [5.41, 5.74) is 0.390. The van der Waals surface area contributed by atoms with Crippen molar-refractivity contribution in [3.05, 3.63) is 23.8 Å². The first kappa shape index (κ1) is 23.1. The van der Waals surface area contributed by atoms with E-state index in [-0.39, 0.29) is 42.6 Å². The lowest BCUT2D eigenvalue weighted by atomic mass is 10.2. The van der Waals surface area contributed by atoms with Crippen molar-refractivity contribution in [1.82, 2.24) is 8.61 Å². The number of sulfonamides is 2. The van der Waals surface area contributed by atoms with Crippen LogP contribution in [0, 0.1) is 0 Å². The van der Waals surface area contributed by atoms with Gasteiger partial charge >= 0.3 is 5.97 Å². The number of methoxy groups -OCH3 is 3. The SMILES string of the molecule is COC(=O)/C=C/c1cc(OC)c(OC)c(S(=O)(=O)N2CCN(S(C)(=O)=O)CC2)c1. The molecule has 1 heterocycles. The number of carbonyl (C=O) groups excluding carboxylic acids is 1. The number of esters is 1. The maximum atomic E-state index is 13.2. The van der Waals surface area contributed by atoms with Crippen LogP contribution in [-0.4, -0.2) is 85.2 Å². The van der Waals surface area contributed by atoms with Crippen LogP contribution in [0.2, 0.25) is 0 Å². The Hall–Kier alpha value is -2.15. The van der Waals surface area contributed by atoms with E-state index in [1.807, 2.05) is 0 Å². The van der Waals surface area contributed by atoms with Crippen molar-refractivity contribution in [2.24, 2.45) is 0 Å². The number of carbonyl (C=O) groups is 1. The van der Waals surface area contributed by atoms with Crippen LogP contribution in [0.25, 0.3) is 6.08 Å². The molecular weight excluding hydrogens is 424 g/mol. The minimum atomic E-state index is -4.02. The Bertz CT molecular complexity index is 995. The largest absolute Gasteiger partial charge is 0.493 e. The first-order valence-electron chi connectivity index (χ1n) is 8.52. The Labute approximate surface area is 170 Å². The topological polar surface area (TPSA) is 120 Å². The highest BCUT2D eigenvalue weighted by atomic mass is 32.2. The lowest BCUT2D eigenvalue weighted by molar-refractivity contribution is -0.134. The number of hydrogen-bond acceptors (Lipinski definition) is 8. The molecule has 1 saturated heterocycles. The van der Waals surface area contributed by atoms with Crippen molar-refractivity contribution in [1.29, 1.82) is 0 Å². The van der Waals surface area contributed by atoms with Gasteiger partial charge in [0.15, 0.2) is 11.5 Å². The number of ether oxygens (including phenoxy) is 3. The smallest absolute Gasteiger partial charge is 0.330 e. The molecule has 2 rings (SSSR count). The number of benzene rings is 1. The highest BCUT2D eigenvalue weighted by molar-refractivity contribution is 7.89. The van der Waals surface area contributed by atoms with Crippen LogP contribution >= 0.6 is 0 Å². The fraction of sp³-hybridized carbons (Fsp3) is 0.471. The lowest BCUT2D eigenvalue weighted by Crippen LogP contribution is -2.50. The van der Waals surface area contributed by atoms with Crippen molar-refractivity contribution in [2.45, 2.75) is 4.90 Å². The summed E-state index contributed by atoms with van der Waals surface area (Å²) in [7, 11) is -3.49. The molecule has 162 valence electrons. The van der Waals surface area contributed by atoms with Gasteiger partial charge in [-0.05, 0) is 23.8 Å². The second-order valence-corrected chi connectivity index (χ2v) is 10.1. The number of hydrogen-bond donors (Lipinski definition) is 0. The van der Waals surface area contributed by atoms with Gasteiger partial charge in [0.1, 0.15) is 4.90 Å². The minimum absolute atomic E-state index is 0.00308. The lowest BCUT2D eigenvalue weighted by Gasteiger charge is -2.32. The Morgan fingerprint density at radius 2 is 1.55 bits per heavy atom. The zero-order chi connectivity index (χ0) is 21.8. The molecule has 0 atom stereocenters. The van der Waals surface area contributed by atoms with Gasteiger partial charge in [0, 0.05) is 32.3 Å². The predicted octanol–water partition coefficient (Wildman–Crippen LogP) is 0.156. The standard InChI is InChI=1S/C17H24N2O8S2/c1-25-14-11-13(5-6-16(20)26-2)12-15(17(14)27-3)29(23,24)19-9-7-18(8-10-19)28(4,21)22/h5-6,11-12H,7-10H2,1-4H3/b6-5+. The molecule has 1 aromatic rings. The first-order chi connectivity index (χ1) is 13.5. The van der Waals surface area contributed by atoms with Gasteiger partial charge in [0.2, 0.25) is 20.0 Å². The van der Waals surface area contributed by atoms with E-state index in [9.17, 15) is 21.6 Å². The summed E-state index contributed by atoms with van der Waals surface area (Å²) in [6.07, 6.45) is 3.64. The molecule has 0 saturated carbocycles. The van der Waals surface area contributed by atoms with E-state index in [2.05, 4.69) is 4.74 Å². The minimum Gasteiger partial charge on any atom is -0.493 e. The van der Waals surface area contributed by atoms with Crippen LogP contribution in [0.3, 0.4) is 0 Å². The summed E-state index contributed by atoms with van der Waals surface area (Å²) >= 11 is 0. The fourth-order valence-electron chi connectivity index (χ4n) is 2.85. The fourth-order valence-corrected chi connectivity index (χ4v) is 5.30. The summed E-state index contributed by atoms with van der Waals surface area (Å²) in [6.45, 7) is 0.116. The van der Waals surface area contributed by atoms with Crippen molar-refractivity contribution < 1.29 is 35.8 Å². The van der Waals surface area contributed by atoms with Gasteiger partial charge in [0.25, 0.3) is 0 Å². The average molecular weight is 449 g/mol. The molecule has 0 N–H and O–H groups in total. The van der Waals surface area contributed by atoms with Gasteiger partial charge < -0.3 is 14.2 Å². The van der Waals surface area contributed by atoms with Crippen molar-refractivity contribution in [2.75, 3.05) is 53.8 Å². The average Bonchev–Trinajstić information content (AvgIpc) is 2.70. The summed E-state index contributed by atoms with van der Waals surface area (Å²) in [5.74, 6) is -0.401. The van der Waals surface area contributed by atoms with Gasteiger partial charge in [0.05, 0.1) is 27.6 Å². The molecule has 10 nitrogen and oxygen atoms in total. The van der Waals surface area contributed by atoms with Crippen LogP contribution in [0.4, 0.5) is 0 Å². The Kier molecular flexibility index (Phi) is 7.27. The first-order valence-corrected chi connectivity index (χ1v) is 11.8. The molecule has 0 bridgehead atoms. The number of piperazine rings is 1. The third-order valence-electron chi connectivity index (χ3n) is 4.36. The van der Waals surface area contributed by atoms with Crippen molar-refractivity contribution >= 4 is 32.1 Å². The van der Waals surface area contributed by atoms with Crippen molar-refractivity contribution in [3.63, 3.8) is 0 Å². The van der Waals surface area contributed by atoms with Gasteiger partial charge in [-0.2, -0.15) is 8.61 Å². The van der Waals surface area contributed by atoms with Gasteiger partial charge in [-0.25, -0.2) is 21.6 Å². The van der Waals surface area contributed by atoms with Gasteiger partial charge in [-0.1, -0.05) is 0 Å². The Balaban J connectivity index is 2.45. The van der Waals surface area contributed by atoms with Crippen molar-refractivity contribution in [3.8, 4) is 11.5 Å². The van der Waals surface area contributed by atoms with Crippen LogP contribution in [0.1, 0.15) is 5.56 Å². The normalized spacial score (nSPS) is 16.7. The maximum absolute atomic E-state index is 13.2. The van der Waals surface area contributed by atoms with E-state index in [0.717, 1.165) is 12.3 Å². The molecule has 0 aliphatic carbocycles. The van der Waals surface area contributed by atoms with E-state index in [4.69, 9.17) is 9.47 Å². The highest BCUT2D eigenvalue weighted by Crippen LogP contribution is 2.37. The third-order valence-corrected chi connectivity index (χ3v) is 7.57. The predicted molar refractivity (Wildman–Crippen MR) is 106 cm³/mol. The summed E-state index contributed by atoms with van der Waals surface area (Å²) < 4.78 is 67.3. The second-order valence-electron chi connectivity index (χ2n) is 6.18. The van der Waals surface area contributed by atoms with E-state index >= 15 is 0 Å². The molecule has 1 aromatic carbocycles. The molecule has 12 heteroatoms. The summed E-state index contributed by atoms with van der Waals surface area (Å²) in [4.78, 5) is 11.2. The quantitative estimate of drug-likeness (QED) is 0.427. The molecule has 0 radical (unpaired) electrons. The van der Waals surface area contributed by atoms with Crippen LogP contribution in [0.15, 0.2) is 23.1 Å². The second kappa shape index (κ2) is 9.11. The monoisotopic (exact) mass is 448 g/mol. The van der Waals surface area contributed by atoms with E-state index in [1.54, 1.807) is 0 Å². The molecular formula is C17H24N2O8S2. The molecule has 0 spiro atoms. The van der Waals surface area contributed by atoms with E-state index in [0.29, 0.717) is 5.56 Å². The number of nitrogens with zero attached hydrogens (tertiary/aromatic N) is 2. The Morgan fingerprint density at radius 1 is 0.966 bits per heavy atom. The van der Waals surface area contributed by atoms with Gasteiger partial charge in [-0.3, -0.25) is 0 Å². The molecule has 0 aromatic heterocycles. The molecule has 0 unspecified atom stereocenters. The zero-order valence-electron chi connectivity index (χ0n) is 16.6. The Morgan fingerprint density at radius 3 is 2.03 bits per heavy atom. The molecule has 1 aliphatic rings. The van der Waals surface area contributed by atoms with E-state index < -0.39 is 26.0 Å². The maximum Gasteiger partial charge on any atom is 0.330 e. The van der Waals surface area contributed by atoms with E-state index in [1.165, 1.54) is 48.1 Å². The highest BCUT2D eigenvalue weighted by Gasteiger charge is 2.34. The zero-order valence-corrected chi connectivity index (χ0v) is 18.2. The molecule has 1 fully saturated rings.